The Balaban J connectivity index is 3.12. The molecular formula is C12H18FN. The van der Waals surface area contributed by atoms with E-state index in [-0.39, 0.29) is 17.3 Å². The van der Waals surface area contributed by atoms with E-state index in [2.05, 4.69) is 20.8 Å². The van der Waals surface area contributed by atoms with E-state index >= 15 is 0 Å². The minimum Gasteiger partial charge on any atom is -0.324 e. The van der Waals surface area contributed by atoms with Gasteiger partial charge in [-0.3, -0.25) is 0 Å². The molecule has 0 saturated carbocycles. The maximum atomic E-state index is 13.0. The van der Waals surface area contributed by atoms with Crippen molar-refractivity contribution >= 4 is 0 Å². The molecule has 1 unspecified atom stereocenters. The lowest BCUT2D eigenvalue weighted by molar-refractivity contribution is 0.325. The van der Waals surface area contributed by atoms with Crippen LogP contribution in [0, 0.1) is 18.2 Å². The van der Waals surface area contributed by atoms with Gasteiger partial charge in [-0.05, 0) is 35.6 Å². The standard InChI is InChI=1S/C12H18FN/c1-8-5-6-9(13)7-10(8)11(14)12(2,3)4/h5-7,11H,14H2,1-4H3. The molecule has 2 N–H and O–H groups in total. The van der Waals surface area contributed by atoms with Crippen molar-refractivity contribution in [2.45, 2.75) is 33.7 Å². The average molecular weight is 195 g/mol. The smallest absolute Gasteiger partial charge is 0.123 e. The molecule has 0 amide bonds. The van der Waals surface area contributed by atoms with Crippen LogP contribution in [0.25, 0.3) is 0 Å². The third kappa shape index (κ3) is 2.32. The lowest BCUT2D eigenvalue weighted by Gasteiger charge is -2.28. The summed E-state index contributed by atoms with van der Waals surface area (Å²) in [6.07, 6.45) is 0. The Labute approximate surface area is 85.1 Å². The molecule has 2 heteroatoms. The molecule has 14 heavy (non-hydrogen) atoms. The van der Waals surface area contributed by atoms with Gasteiger partial charge >= 0.3 is 0 Å². The van der Waals surface area contributed by atoms with Crippen molar-refractivity contribution in [3.63, 3.8) is 0 Å². The Kier molecular flexibility index (Phi) is 2.95. The zero-order valence-electron chi connectivity index (χ0n) is 9.26. The minimum atomic E-state index is -0.217. The highest BCUT2D eigenvalue weighted by atomic mass is 19.1. The Bertz CT molecular complexity index is 326. The van der Waals surface area contributed by atoms with Crippen LogP contribution in [0.4, 0.5) is 4.39 Å². The molecule has 1 nitrogen and oxygen atoms in total. The summed E-state index contributed by atoms with van der Waals surface area (Å²) in [6, 6.07) is 4.65. The highest BCUT2D eigenvalue weighted by molar-refractivity contribution is 5.30. The SMILES string of the molecule is Cc1ccc(F)cc1C(N)C(C)(C)C. The predicted molar refractivity (Wildman–Crippen MR) is 57.5 cm³/mol. The van der Waals surface area contributed by atoms with Gasteiger partial charge < -0.3 is 5.73 Å². The molecule has 0 fully saturated rings. The first kappa shape index (κ1) is 11.2. The Morgan fingerprint density at radius 2 is 1.86 bits per heavy atom. The van der Waals surface area contributed by atoms with Crippen LogP contribution in [-0.4, -0.2) is 0 Å². The normalized spacial score (nSPS) is 14.1. The van der Waals surface area contributed by atoms with Crippen LogP contribution >= 0.6 is 0 Å². The van der Waals surface area contributed by atoms with E-state index in [1.165, 1.54) is 12.1 Å². The van der Waals surface area contributed by atoms with E-state index in [9.17, 15) is 4.39 Å². The van der Waals surface area contributed by atoms with Crippen LogP contribution < -0.4 is 5.73 Å². The molecule has 0 spiro atoms. The Hall–Kier alpha value is -0.890. The third-order valence-electron chi connectivity index (χ3n) is 2.51. The molecule has 0 radical (unpaired) electrons. The average Bonchev–Trinajstić information content (AvgIpc) is 2.06. The van der Waals surface area contributed by atoms with Gasteiger partial charge in [0.15, 0.2) is 0 Å². The monoisotopic (exact) mass is 195 g/mol. The van der Waals surface area contributed by atoms with Gasteiger partial charge in [-0.25, -0.2) is 4.39 Å². The van der Waals surface area contributed by atoms with E-state index in [0.717, 1.165) is 11.1 Å². The van der Waals surface area contributed by atoms with Crippen molar-refractivity contribution in [2.75, 3.05) is 0 Å². The maximum absolute atomic E-state index is 13.0. The highest BCUT2D eigenvalue weighted by Gasteiger charge is 2.23. The largest absolute Gasteiger partial charge is 0.324 e. The highest BCUT2D eigenvalue weighted by Crippen LogP contribution is 2.32. The second-order valence-electron chi connectivity index (χ2n) is 4.84. The molecule has 1 atom stereocenters. The van der Waals surface area contributed by atoms with Crippen LogP contribution in [0.15, 0.2) is 18.2 Å². The summed E-state index contributed by atoms with van der Waals surface area (Å²) in [7, 11) is 0. The zero-order valence-corrected chi connectivity index (χ0v) is 9.26. The van der Waals surface area contributed by atoms with Crippen molar-refractivity contribution in [3.05, 3.63) is 35.1 Å². The molecule has 0 saturated heterocycles. The van der Waals surface area contributed by atoms with Gasteiger partial charge in [0.1, 0.15) is 5.82 Å². The molecule has 0 heterocycles. The fraction of sp³-hybridized carbons (Fsp3) is 0.500. The van der Waals surface area contributed by atoms with Crippen molar-refractivity contribution < 1.29 is 4.39 Å². The first-order valence-electron chi connectivity index (χ1n) is 4.84. The lowest BCUT2D eigenvalue weighted by Crippen LogP contribution is -2.27. The van der Waals surface area contributed by atoms with Crippen LogP contribution in [0.5, 0.6) is 0 Å². The van der Waals surface area contributed by atoms with Gasteiger partial charge in [0.2, 0.25) is 0 Å². The van der Waals surface area contributed by atoms with Crippen molar-refractivity contribution in [2.24, 2.45) is 11.1 Å². The molecule has 0 aliphatic carbocycles. The molecule has 78 valence electrons. The number of nitrogens with two attached hydrogens (primary N) is 1. The van der Waals surface area contributed by atoms with E-state index in [4.69, 9.17) is 5.73 Å². The van der Waals surface area contributed by atoms with Gasteiger partial charge in [0, 0.05) is 6.04 Å². The van der Waals surface area contributed by atoms with Crippen LogP contribution in [0.3, 0.4) is 0 Å². The predicted octanol–water partition coefficient (Wildman–Crippen LogP) is 3.18. The number of halogens is 1. The molecule has 1 rings (SSSR count). The van der Waals surface area contributed by atoms with Gasteiger partial charge in [0.05, 0.1) is 0 Å². The van der Waals surface area contributed by atoms with Crippen molar-refractivity contribution in [3.8, 4) is 0 Å². The fourth-order valence-electron chi connectivity index (χ4n) is 1.41. The molecular weight excluding hydrogens is 177 g/mol. The zero-order chi connectivity index (χ0) is 10.9. The molecule has 0 aliphatic rings. The first-order chi connectivity index (χ1) is 6.32. The molecule has 1 aromatic carbocycles. The third-order valence-corrected chi connectivity index (χ3v) is 2.51. The summed E-state index contributed by atoms with van der Waals surface area (Å²) in [4.78, 5) is 0. The van der Waals surface area contributed by atoms with Crippen LogP contribution in [-0.2, 0) is 0 Å². The summed E-state index contributed by atoms with van der Waals surface area (Å²) in [5.74, 6) is -0.217. The first-order valence-corrected chi connectivity index (χ1v) is 4.84. The minimum absolute atomic E-state index is 0.0431. The summed E-state index contributed by atoms with van der Waals surface area (Å²) < 4.78 is 13.0. The molecule has 0 aromatic heterocycles. The van der Waals surface area contributed by atoms with Crippen LogP contribution in [0.1, 0.15) is 37.9 Å². The fourth-order valence-corrected chi connectivity index (χ4v) is 1.41. The van der Waals surface area contributed by atoms with Crippen molar-refractivity contribution in [1.82, 2.24) is 0 Å². The van der Waals surface area contributed by atoms with E-state index in [1.54, 1.807) is 6.07 Å². The topological polar surface area (TPSA) is 26.0 Å². The summed E-state index contributed by atoms with van der Waals surface area (Å²) >= 11 is 0. The Morgan fingerprint density at radius 3 is 2.36 bits per heavy atom. The number of hydrogen-bond acceptors (Lipinski definition) is 1. The van der Waals surface area contributed by atoms with Crippen LogP contribution in [0.2, 0.25) is 0 Å². The summed E-state index contributed by atoms with van der Waals surface area (Å²) in [6.45, 7) is 8.13. The van der Waals surface area contributed by atoms with Gasteiger partial charge in [-0.15, -0.1) is 0 Å². The van der Waals surface area contributed by atoms with Gasteiger partial charge in [-0.2, -0.15) is 0 Å². The van der Waals surface area contributed by atoms with E-state index < -0.39 is 0 Å². The van der Waals surface area contributed by atoms with Crippen molar-refractivity contribution in [1.29, 1.82) is 0 Å². The Morgan fingerprint density at radius 1 is 1.29 bits per heavy atom. The lowest BCUT2D eigenvalue weighted by atomic mass is 9.81. The van der Waals surface area contributed by atoms with E-state index in [1.807, 2.05) is 6.92 Å². The maximum Gasteiger partial charge on any atom is 0.123 e. The number of benzene rings is 1. The van der Waals surface area contributed by atoms with Gasteiger partial charge in [-0.1, -0.05) is 26.8 Å². The molecule has 0 bridgehead atoms. The second kappa shape index (κ2) is 3.70. The summed E-state index contributed by atoms with van der Waals surface area (Å²) in [5, 5.41) is 0. The van der Waals surface area contributed by atoms with Gasteiger partial charge in [0.25, 0.3) is 0 Å². The number of hydrogen-bond donors (Lipinski definition) is 1. The second-order valence-corrected chi connectivity index (χ2v) is 4.84. The summed E-state index contributed by atoms with van der Waals surface area (Å²) in [5.41, 5.74) is 7.98. The molecule has 0 aliphatic heterocycles. The quantitative estimate of drug-likeness (QED) is 0.731. The number of rotatable bonds is 1. The molecule has 1 aromatic rings. The number of aryl methyl sites for hydroxylation is 1. The van der Waals surface area contributed by atoms with E-state index in [0.29, 0.717) is 0 Å².